The van der Waals surface area contributed by atoms with Gasteiger partial charge in [0.1, 0.15) is 25.0 Å². The molecule has 0 amide bonds. The van der Waals surface area contributed by atoms with Crippen LogP contribution in [0.1, 0.15) is 24.2 Å². The first-order chi connectivity index (χ1) is 12.2. The zero-order valence-corrected chi connectivity index (χ0v) is 17.0. The molecule has 0 spiro atoms. The van der Waals surface area contributed by atoms with Gasteiger partial charge in [-0.15, -0.1) is 11.8 Å². The maximum absolute atomic E-state index is 13.0. The number of aliphatic hydroxyl groups is 1. The topological polar surface area (TPSA) is 46.5 Å². The minimum Gasteiger partial charge on any atom is -0.491 e. The molecule has 1 aliphatic carbocycles. The number of ketones is 1. The van der Waals surface area contributed by atoms with E-state index < -0.39 is 6.10 Å². The Kier molecular flexibility index (Phi) is 5.33. The molecule has 1 N–H and O–H groups in total. The van der Waals surface area contributed by atoms with Gasteiger partial charge in [0, 0.05) is 15.7 Å². The number of aliphatic hydroxyl groups excluding tert-OH is 1. The van der Waals surface area contributed by atoms with Crippen molar-refractivity contribution in [1.82, 2.24) is 0 Å². The second-order valence-corrected chi connectivity index (χ2v) is 9.38. The number of thioether (sulfide) groups is 1. The first kappa shape index (κ1) is 19.2. The molecule has 26 heavy (non-hydrogen) atoms. The van der Waals surface area contributed by atoms with Gasteiger partial charge in [0.05, 0.1) is 27.1 Å². The van der Waals surface area contributed by atoms with Crippen molar-refractivity contribution in [1.29, 1.82) is 0 Å². The molecule has 0 fully saturated rings. The van der Waals surface area contributed by atoms with Gasteiger partial charge in [0.2, 0.25) is 0 Å². The van der Waals surface area contributed by atoms with Crippen molar-refractivity contribution in [3.8, 4) is 0 Å². The van der Waals surface area contributed by atoms with Gasteiger partial charge in [-0.2, -0.15) is 0 Å². The van der Waals surface area contributed by atoms with Gasteiger partial charge >= 0.3 is 0 Å². The van der Waals surface area contributed by atoms with Crippen LogP contribution in [0.15, 0.2) is 52.1 Å². The van der Waals surface area contributed by atoms with Crippen LogP contribution in [0.25, 0.3) is 0 Å². The number of ether oxygens (including phenoxy) is 1. The molecule has 3 unspecified atom stereocenters. The van der Waals surface area contributed by atoms with E-state index in [-0.39, 0.29) is 23.6 Å². The average Bonchev–Trinajstić information content (AvgIpc) is 2.56. The lowest BCUT2D eigenvalue weighted by Gasteiger charge is -2.35. The van der Waals surface area contributed by atoms with E-state index in [9.17, 15) is 9.90 Å². The maximum Gasteiger partial charge on any atom is 0.172 e. The summed E-state index contributed by atoms with van der Waals surface area (Å²) < 4.78 is 6.62. The van der Waals surface area contributed by atoms with Gasteiger partial charge in [-0.1, -0.05) is 23.8 Å². The third-order valence-corrected chi connectivity index (χ3v) is 6.45. The molecule has 0 saturated heterocycles. The Morgan fingerprint density at radius 2 is 1.92 bits per heavy atom. The van der Waals surface area contributed by atoms with Gasteiger partial charge in [0.15, 0.2) is 5.78 Å². The molecule has 1 aromatic carbocycles. The van der Waals surface area contributed by atoms with Crippen molar-refractivity contribution < 1.29 is 19.1 Å². The summed E-state index contributed by atoms with van der Waals surface area (Å²) in [6.45, 7) is 4.97. The van der Waals surface area contributed by atoms with Gasteiger partial charge in [0.25, 0.3) is 0 Å². The molecule has 1 aromatic rings. The van der Waals surface area contributed by atoms with Crippen molar-refractivity contribution in [3.63, 3.8) is 0 Å². The number of hydrogen-bond donors (Lipinski definition) is 1. The quantitative estimate of drug-likeness (QED) is 0.804. The number of fused-ring (bicyclic) bond motifs is 2. The average molecular weight is 375 g/mol. The van der Waals surface area contributed by atoms with E-state index in [4.69, 9.17) is 4.74 Å². The normalized spacial score (nSPS) is 23.9. The number of carbonyl (C=O) groups excluding carboxylic acids is 1. The number of likely N-dealkylation sites (N-methyl/N-ethyl adjacent to an activating group) is 1. The number of nitrogens with zero attached hydrogens (tertiary/aromatic N) is 1. The van der Waals surface area contributed by atoms with Crippen LogP contribution in [0.4, 0.5) is 0 Å². The summed E-state index contributed by atoms with van der Waals surface area (Å²) >= 11 is 1.76. The fourth-order valence-corrected chi connectivity index (χ4v) is 4.97. The largest absolute Gasteiger partial charge is 0.491 e. The third kappa shape index (κ3) is 3.90. The molecule has 4 nitrogen and oxygen atoms in total. The Hall–Kier alpha value is -1.56. The Balaban J connectivity index is 1.80. The lowest BCUT2D eigenvalue weighted by Crippen LogP contribution is -2.43. The summed E-state index contributed by atoms with van der Waals surface area (Å²) in [4.78, 5) is 14.0. The highest BCUT2D eigenvalue weighted by Crippen LogP contribution is 2.46. The molecule has 5 heteroatoms. The van der Waals surface area contributed by atoms with Gasteiger partial charge in [-0.3, -0.25) is 4.79 Å². The summed E-state index contributed by atoms with van der Waals surface area (Å²) in [5.74, 6) is 0.686. The Bertz CT molecular complexity index is 776. The van der Waals surface area contributed by atoms with E-state index >= 15 is 0 Å². The standard InChI is InChI=1S/C21H28NO3S/c1-13-14(2)21-17(20(24)16-8-6-7-9-19(16)26-21)10-18(13)25-12-15(23)11-22(3,4)5/h6-10,15,17,21,23H,11-12H2,1-5H3/q+1. The monoisotopic (exact) mass is 374 g/mol. The fourth-order valence-electron chi connectivity index (χ4n) is 3.54. The SMILES string of the molecule is CC1=C(C)C2Sc3ccccc3C(=O)C2C=C1OCC(O)C[N+](C)(C)C. The Morgan fingerprint density at radius 3 is 2.62 bits per heavy atom. The van der Waals surface area contributed by atoms with Crippen LogP contribution in [-0.4, -0.2) is 61.0 Å². The summed E-state index contributed by atoms with van der Waals surface area (Å²) in [6.07, 6.45) is 1.41. The number of allylic oxidation sites excluding steroid dienone is 2. The number of Topliss-reactive ketones (excluding diaryl/α,β-unsaturated/α-hetero) is 1. The number of rotatable bonds is 5. The predicted molar refractivity (Wildman–Crippen MR) is 105 cm³/mol. The van der Waals surface area contributed by atoms with E-state index in [1.165, 1.54) is 5.57 Å². The highest BCUT2D eigenvalue weighted by atomic mass is 32.2. The van der Waals surface area contributed by atoms with Gasteiger partial charge in [-0.25, -0.2) is 0 Å². The minimum absolute atomic E-state index is 0.126. The number of carbonyl (C=O) groups is 1. The lowest BCUT2D eigenvalue weighted by atomic mass is 9.84. The molecule has 140 valence electrons. The predicted octanol–water partition coefficient (Wildman–Crippen LogP) is 3.28. The minimum atomic E-state index is -0.543. The van der Waals surface area contributed by atoms with Gasteiger partial charge in [-0.05, 0) is 31.6 Å². The van der Waals surface area contributed by atoms with Crippen molar-refractivity contribution in [2.75, 3.05) is 34.3 Å². The summed E-state index contributed by atoms with van der Waals surface area (Å²) in [6, 6.07) is 7.82. The molecule has 3 rings (SSSR count). The van der Waals surface area contributed by atoms with Crippen molar-refractivity contribution in [2.45, 2.75) is 30.1 Å². The van der Waals surface area contributed by atoms with E-state index in [0.717, 1.165) is 21.8 Å². The van der Waals surface area contributed by atoms with E-state index in [2.05, 4.69) is 6.92 Å². The van der Waals surface area contributed by atoms with Crippen LogP contribution < -0.4 is 0 Å². The molecule has 2 aliphatic rings. The molecule has 0 bridgehead atoms. The maximum atomic E-state index is 13.0. The van der Waals surface area contributed by atoms with Crippen LogP contribution in [0.2, 0.25) is 0 Å². The zero-order chi connectivity index (χ0) is 19.1. The summed E-state index contributed by atoms with van der Waals surface area (Å²) in [5.41, 5.74) is 3.05. The van der Waals surface area contributed by atoms with Gasteiger partial charge < -0.3 is 14.3 Å². The first-order valence-corrected chi connectivity index (χ1v) is 9.86. The van der Waals surface area contributed by atoms with E-state index in [0.29, 0.717) is 11.0 Å². The van der Waals surface area contributed by atoms with E-state index in [1.54, 1.807) is 11.8 Å². The summed E-state index contributed by atoms with van der Waals surface area (Å²) in [7, 11) is 6.12. The van der Waals surface area contributed by atoms with Crippen LogP contribution in [-0.2, 0) is 4.74 Å². The summed E-state index contributed by atoms with van der Waals surface area (Å²) in [5, 5.41) is 10.4. The highest BCUT2D eigenvalue weighted by Gasteiger charge is 2.39. The molecule has 0 saturated carbocycles. The van der Waals surface area contributed by atoms with Crippen LogP contribution >= 0.6 is 11.8 Å². The molecular formula is C21H28NO3S+. The highest BCUT2D eigenvalue weighted by molar-refractivity contribution is 8.00. The molecule has 0 aromatic heterocycles. The second-order valence-electron chi connectivity index (χ2n) is 8.20. The Morgan fingerprint density at radius 1 is 1.23 bits per heavy atom. The Labute approximate surface area is 160 Å². The molecular weight excluding hydrogens is 346 g/mol. The number of benzene rings is 1. The smallest absolute Gasteiger partial charge is 0.172 e. The van der Waals surface area contributed by atoms with Crippen LogP contribution in [0.5, 0.6) is 0 Å². The lowest BCUT2D eigenvalue weighted by molar-refractivity contribution is -0.873. The first-order valence-electron chi connectivity index (χ1n) is 8.98. The van der Waals surface area contributed by atoms with Crippen molar-refractivity contribution in [2.24, 2.45) is 5.92 Å². The molecule has 1 heterocycles. The van der Waals surface area contributed by atoms with E-state index in [1.807, 2.05) is 58.4 Å². The fraction of sp³-hybridized carbons (Fsp3) is 0.476. The molecule has 3 atom stereocenters. The number of quaternary nitrogens is 1. The number of hydrogen-bond acceptors (Lipinski definition) is 4. The molecule has 0 radical (unpaired) electrons. The van der Waals surface area contributed by atoms with Crippen LogP contribution in [0.3, 0.4) is 0 Å². The van der Waals surface area contributed by atoms with Crippen molar-refractivity contribution in [3.05, 3.63) is 52.8 Å². The van der Waals surface area contributed by atoms with Crippen LogP contribution in [0, 0.1) is 5.92 Å². The second kappa shape index (κ2) is 7.22. The third-order valence-electron chi connectivity index (χ3n) is 4.94. The molecule has 1 aliphatic heterocycles. The van der Waals surface area contributed by atoms with Crippen molar-refractivity contribution >= 4 is 17.5 Å². The zero-order valence-electron chi connectivity index (χ0n) is 16.2.